The fourth-order valence-electron chi connectivity index (χ4n) is 3.01. The summed E-state index contributed by atoms with van der Waals surface area (Å²) in [5, 5.41) is 9.25. The maximum absolute atomic E-state index is 12.1. The van der Waals surface area contributed by atoms with Crippen molar-refractivity contribution in [1.29, 1.82) is 0 Å². The van der Waals surface area contributed by atoms with Gasteiger partial charge in [0, 0.05) is 36.1 Å². The lowest BCUT2D eigenvalue weighted by Gasteiger charge is -2.10. The van der Waals surface area contributed by atoms with Crippen LogP contribution in [0.1, 0.15) is 33.7 Å². The van der Waals surface area contributed by atoms with E-state index in [1.807, 2.05) is 13.8 Å². The summed E-state index contributed by atoms with van der Waals surface area (Å²) in [6.45, 7) is 3.35. The van der Waals surface area contributed by atoms with E-state index in [0.29, 0.717) is 23.4 Å². The third-order valence-electron chi connectivity index (χ3n) is 4.59. The maximum Gasteiger partial charge on any atom is 0.306 e. The van der Waals surface area contributed by atoms with Crippen LogP contribution in [0.5, 0.6) is 0 Å². The van der Waals surface area contributed by atoms with Crippen molar-refractivity contribution in [2.75, 3.05) is 19.0 Å². The fourth-order valence-corrected chi connectivity index (χ4v) is 3.01. The number of hydrogen-bond donors (Lipinski definition) is 2. The number of anilines is 1. The summed E-state index contributed by atoms with van der Waals surface area (Å²) in [6, 6.07) is 6.38. The topological polar surface area (TPSA) is 128 Å². The van der Waals surface area contributed by atoms with Crippen molar-refractivity contribution in [3.63, 3.8) is 0 Å². The first-order valence-electron chi connectivity index (χ1n) is 9.32. The van der Waals surface area contributed by atoms with Crippen molar-refractivity contribution in [2.45, 2.75) is 26.7 Å². The van der Waals surface area contributed by atoms with Gasteiger partial charge in [0.2, 0.25) is 0 Å². The average Bonchev–Trinajstić information content (AvgIpc) is 3.20. The van der Waals surface area contributed by atoms with Gasteiger partial charge in [-0.15, -0.1) is 0 Å². The van der Waals surface area contributed by atoms with E-state index in [0.717, 1.165) is 17.0 Å². The Balaban J connectivity index is 1.49. The van der Waals surface area contributed by atoms with Gasteiger partial charge in [-0.1, -0.05) is 0 Å². The highest BCUT2D eigenvalue weighted by atomic mass is 16.5. The zero-order valence-corrected chi connectivity index (χ0v) is 16.9. The molecule has 30 heavy (non-hydrogen) atoms. The lowest BCUT2D eigenvalue weighted by atomic mass is 10.1. The average molecular weight is 410 g/mol. The van der Waals surface area contributed by atoms with Gasteiger partial charge in [-0.05, 0) is 50.1 Å². The molecule has 0 radical (unpaired) electrons. The summed E-state index contributed by atoms with van der Waals surface area (Å²) in [7, 11) is 1.54. The lowest BCUT2D eigenvalue weighted by molar-refractivity contribution is -0.147. The molecule has 0 spiro atoms. The van der Waals surface area contributed by atoms with Crippen molar-refractivity contribution in [1.82, 2.24) is 24.9 Å². The summed E-state index contributed by atoms with van der Waals surface area (Å²) in [6.07, 6.45) is 1.96. The standard InChI is InChI=1S/C20H22N6O4/c1-12-16(13(2)26-20(24-12)22-11-23-26)8-9-18(28)30-10-17(27)25-15-6-4-14(5-7-15)19(29)21-3/h4-7,11H,8-10H2,1-3H3,(H,21,29)(H,25,27). The summed E-state index contributed by atoms with van der Waals surface area (Å²) >= 11 is 0. The number of nitrogens with zero attached hydrogens (tertiary/aromatic N) is 4. The summed E-state index contributed by atoms with van der Waals surface area (Å²) in [5.41, 5.74) is 3.51. The van der Waals surface area contributed by atoms with Gasteiger partial charge in [0.25, 0.3) is 17.6 Å². The van der Waals surface area contributed by atoms with E-state index in [2.05, 4.69) is 25.7 Å². The van der Waals surface area contributed by atoms with E-state index >= 15 is 0 Å². The van der Waals surface area contributed by atoms with Crippen LogP contribution in [0.4, 0.5) is 5.69 Å². The lowest BCUT2D eigenvalue weighted by Crippen LogP contribution is -2.21. The molecule has 0 atom stereocenters. The van der Waals surface area contributed by atoms with Crippen LogP contribution >= 0.6 is 0 Å². The van der Waals surface area contributed by atoms with Crippen molar-refractivity contribution in [3.8, 4) is 0 Å². The molecule has 3 rings (SSSR count). The first-order valence-corrected chi connectivity index (χ1v) is 9.32. The number of amides is 2. The minimum absolute atomic E-state index is 0.109. The van der Waals surface area contributed by atoms with E-state index < -0.39 is 18.5 Å². The number of rotatable bonds is 7. The molecule has 0 saturated carbocycles. The number of carbonyl (C=O) groups is 3. The molecule has 0 bridgehead atoms. The van der Waals surface area contributed by atoms with Crippen LogP contribution in [0.3, 0.4) is 0 Å². The molecule has 0 aliphatic carbocycles. The van der Waals surface area contributed by atoms with Crippen LogP contribution in [-0.2, 0) is 20.7 Å². The predicted molar refractivity (Wildman–Crippen MR) is 108 cm³/mol. The predicted octanol–water partition coefficient (Wildman–Crippen LogP) is 1.22. The highest BCUT2D eigenvalue weighted by molar-refractivity contribution is 5.96. The Morgan fingerprint density at radius 1 is 1.13 bits per heavy atom. The second-order valence-electron chi connectivity index (χ2n) is 6.60. The van der Waals surface area contributed by atoms with Gasteiger partial charge < -0.3 is 15.4 Å². The molecule has 10 heteroatoms. The van der Waals surface area contributed by atoms with Gasteiger partial charge in [0.15, 0.2) is 6.61 Å². The van der Waals surface area contributed by atoms with Gasteiger partial charge in [-0.2, -0.15) is 10.1 Å². The van der Waals surface area contributed by atoms with Gasteiger partial charge in [0.1, 0.15) is 6.33 Å². The fraction of sp³-hybridized carbons (Fsp3) is 0.300. The molecule has 0 saturated heterocycles. The van der Waals surface area contributed by atoms with Crippen LogP contribution in [0.2, 0.25) is 0 Å². The van der Waals surface area contributed by atoms with Crippen LogP contribution in [0, 0.1) is 13.8 Å². The number of fused-ring (bicyclic) bond motifs is 1. The Morgan fingerprint density at radius 2 is 1.87 bits per heavy atom. The molecule has 2 N–H and O–H groups in total. The quantitative estimate of drug-likeness (QED) is 0.561. The number of aromatic nitrogens is 4. The summed E-state index contributed by atoms with van der Waals surface area (Å²) in [5.74, 6) is -0.659. The van der Waals surface area contributed by atoms with Gasteiger partial charge in [0.05, 0.1) is 0 Å². The number of carbonyl (C=O) groups excluding carboxylic acids is 3. The molecular formula is C20H22N6O4. The Hall–Kier alpha value is -3.82. The van der Waals surface area contributed by atoms with Crippen LogP contribution in [0.15, 0.2) is 30.6 Å². The monoisotopic (exact) mass is 410 g/mol. The van der Waals surface area contributed by atoms with Crippen LogP contribution in [0.25, 0.3) is 5.78 Å². The molecule has 0 aliphatic rings. The number of aryl methyl sites for hydroxylation is 2. The number of nitrogens with one attached hydrogen (secondary N) is 2. The highest BCUT2D eigenvalue weighted by Gasteiger charge is 2.14. The second-order valence-corrected chi connectivity index (χ2v) is 6.60. The first kappa shape index (κ1) is 20.9. The third-order valence-corrected chi connectivity index (χ3v) is 4.59. The zero-order valence-electron chi connectivity index (χ0n) is 16.9. The number of esters is 1. The van der Waals surface area contributed by atoms with Crippen LogP contribution in [-0.4, -0.2) is 51.0 Å². The summed E-state index contributed by atoms with van der Waals surface area (Å²) in [4.78, 5) is 44.0. The molecular weight excluding hydrogens is 388 g/mol. The van der Waals surface area contributed by atoms with E-state index in [1.165, 1.54) is 6.33 Å². The summed E-state index contributed by atoms with van der Waals surface area (Å²) < 4.78 is 6.68. The minimum Gasteiger partial charge on any atom is -0.456 e. The third kappa shape index (κ3) is 4.77. The Morgan fingerprint density at radius 3 is 2.57 bits per heavy atom. The Kier molecular flexibility index (Phi) is 6.35. The van der Waals surface area contributed by atoms with E-state index in [1.54, 1.807) is 35.8 Å². The smallest absolute Gasteiger partial charge is 0.306 e. The second kappa shape index (κ2) is 9.12. The molecule has 2 amide bonds. The molecule has 2 aromatic heterocycles. The van der Waals surface area contributed by atoms with E-state index in [9.17, 15) is 14.4 Å². The number of ether oxygens (including phenoxy) is 1. The van der Waals surface area contributed by atoms with Crippen LogP contribution < -0.4 is 10.6 Å². The molecule has 0 unspecified atom stereocenters. The molecule has 3 aromatic rings. The SMILES string of the molecule is CNC(=O)c1ccc(NC(=O)COC(=O)CCc2c(C)nc3ncnn3c2C)cc1. The molecule has 2 heterocycles. The van der Waals surface area contributed by atoms with Crippen molar-refractivity contribution in [2.24, 2.45) is 0 Å². The normalized spacial score (nSPS) is 10.6. The van der Waals surface area contributed by atoms with E-state index in [4.69, 9.17) is 4.74 Å². The largest absolute Gasteiger partial charge is 0.456 e. The van der Waals surface area contributed by atoms with Crippen molar-refractivity contribution in [3.05, 3.63) is 53.1 Å². The zero-order chi connectivity index (χ0) is 21.7. The molecule has 10 nitrogen and oxygen atoms in total. The van der Waals surface area contributed by atoms with Gasteiger partial charge in [-0.3, -0.25) is 14.4 Å². The molecule has 0 fully saturated rings. The van der Waals surface area contributed by atoms with E-state index in [-0.39, 0.29) is 12.3 Å². The van der Waals surface area contributed by atoms with Gasteiger partial charge in [-0.25, -0.2) is 9.50 Å². The maximum atomic E-state index is 12.1. The van der Waals surface area contributed by atoms with Crippen molar-refractivity contribution >= 4 is 29.2 Å². The minimum atomic E-state index is -0.488. The highest BCUT2D eigenvalue weighted by Crippen LogP contribution is 2.15. The first-order chi connectivity index (χ1) is 14.4. The Labute approximate surface area is 172 Å². The van der Waals surface area contributed by atoms with Gasteiger partial charge >= 0.3 is 5.97 Å². The molecule has 156 valence electrons. The number of benzene rings is 1. The van der Waals surface area contributed by atoms with Crippen molar-refractivity contribution < 1.29 is 19.1 Å². The Bertz CT molecular complexity index is 1090. The number of hydrogen-bond acceptors (Lipinski definition) is 7. The molecule has 0 aliphatic heterocycles. The molecule has 1 aromatic carbocycles.